The summed E-state index contributed by atoms with van der Waals surface area (Å²) in [6.07, 6.45) is 4.98. The SMILES string of the molecule is CC(NCc1cc(Br)ccc1F)c1cnccn1. The van der Waals surface area contributed by atoms with Gasteiger partial charge < -0.3 is 5.32 Å². The van der Waals surface area contributed by atoms with E-state index in [9.17, 15) is 4.39 Å². The van der Waals surface area contributed by atoms with Gasteiger partial charge in [0.15, 0.2) is 0 Å². The van der Waals surface area contributed by atoms with Gasteiger partial charge in [-0.3, -0.25) is 9.97 Å². The van der Waals surface area contributed by atoms with Crippen molar-refractivity contribution in [3.05, 3.63) is 58.3 Å². The van der Waals surface area contributed by atoms with Crippen LogP contribution < -0.4 is 5.32 Å². The molecule has 0 saturated carbocycles. The molecule has 0 aliphatic heterocycles. The lowest BCUT2D eigenvalue weighted by Crippen LogP contribution is -2.19. The van der Waals surface area contributed by atoms with E-state index in [0.29, 0.717) is 12.1 Å². The van der Waals surface area contributed by atoms with Crippen LogP contribution in [0.1, 0.15) is 24.2 Å². The van der Waals surface area contributed by atoms with Gasteiger partial charge in [-0.05, 0) is 25.1 Å². The summed E-state index contributed by atoms with van der Waals surface area (Å²) >= 11 is 3.33. The van der Waals surface area contributed by atoms with Crippen LogP contribution in [0.15, 0.2) is 41.3 Å². The van der Waals surface area contributed by atoms with Gasteiger partial charge in [0.25, 0.3) is 0 Å². The van der Waals surface area contributed by atoms with Crippen LogP contribution in [-0.4, -0.2) is 9.97 Å². The van der Waals surface area contributed by atoms with E-state index in [4.69, 9.17) is 0 Å². The average Bonchev–Trinajstić information content (AvgIpc) is 2.40. The van der Waals surface area contributed by atoms with E-state index in [2.05, 4.69) is 31.2 Å². The van der Waals surface area contributed by atoms with Gasteiger partial charge in [-0.2, -0.15) is 0 Å². The van der Waals surface area contributed by atoms with Gasteiger partial charge in [-0.1, -0.05) is 15.9 Å². The first-order valence-corrected chi connectivity index (χ1v) is 6.39. The molecule has 0 saturated heterocycles. The number of halogens is 2. The summed E-state index contributed by atoms with van der Waals surface area (Å²) in [5.41, 5.74) is 1.47. The normalized spacial score (nSPS) is 12.4. The van der Waals surface area contributed by atoms with E-state index in [0.717, 1.165) is 10.2 Å². The van der Waals surface area contributed by atoms with Crippen molar-refractivity contribution in [2.45, 2.75) is 19.5 Å². The van der Waals surface area contributed by atoms with Crippen LogP contribution in [0.2, 0.25) is 0 Å². The van der Waals surface area contributed by atoms with Crippen molar-refractivity contribution in [2.24, 2.45) is 0 Å². The third-order valence-corrected chi connectivity index (χ3v) is 3.13. The maximum absolute atomic E-state index is 13.5. The van der Waals surface area contributed by atoms with Crippen LogP contribution in [0.25, 0.3) is 0 Å². The van der Waals surface area contributed by atoms with Crippen LogP contribution in [0.5, 0.6) is 0 Å². The smallest absolute Gasteiger partial charge is 0.127 e. The largest absolute Gasteiger partial charge is 0.305 e. The number of nitrogens with one attached hydrogen (secondary N) is 1. The van der Waals surface area contributed by atoms with Gasteiger partial charge in [0.05, 0.1) is 5.69 Å². The molecule has 0 aliphatic carbocycles. The summed E-state index contributed by atoms with van der Waals surface area (Å²) in [4.78, 5) is 8.21. The fourth-order valence-electron chi connectivity index (χ4n) is 1.58. The second-order valence-electron chi connectivity index (χ2n) is 3.97. The van der Waals surface area contributed by atoms with Gasteiger partial charge in [0.1, 0.15) is 5.82 Å². The molecule has 0 spiro atoms. The standard InChI is InChI=1S/C13H13BrFN3/c1-9(13-8-16-4-5-17-13)18-7-10-6-11(14)2-3-12(10)15/h2-6,8-9,18H,7H2,1H3. The maximum Gasteiger partial charge on any atom is 0.127 e. The van der Waals surface area contributed by atoms with E-state index in [1.165, 1.54) is 6.07 Å². The Kier molecular flexibility index (Phi) is 4.38. The number of benzene rings is 1. The van der Waals surface area contributed by atoms with Crippen molar-refractivity contribution in [3.8, 4) is 0 Å². The molecule has 0 fully saturated rings. The molecule has 0 amide bonds. The summed E-state index contributed by atoms with van der Waals surface area (Å²) in [5.74, 6) is -0.211. The molecule has 2 rings (SSSR count). The molecule has 2 aromatic rings. The molecule has 1 atom stereocenters. The zero-order valence-corrected chi connectivity index (χ0v) is 11.5. The molecule has 0 aliphatic rings. The minimum absolute atomic E-state index is 0.0251. The maximum atomic E-state index is 13.5. The number of hydrogen-bond donors (Lipinski definition) is 1. The Morgan fingerprint density at radius 1 is 1.39 bits per heavy atom. The van der Waals surface area contributed by atoms with Crippen LogP contribution in [0, 0.1) is 5.82 Å². The highest BCUT2D eigenvalue weighted by molar-refractivity contribution is 9.10. The lowest BCUT2D eigenvalue weighted by molar-refractivity contribution is 0.534. The Hall–Kier alpha value is -1.33. The van der Waals surface area contributed by atoms with E-state index >= 15 is 0 Å². The van der Waals surface area contributed by atoms with Crippen molar-refractivity contribution in [2.75, 3.05) is 0 Å². The average molecular weight is 310 g/mol. The number of hydrogen-bond acceptors (Lipinski definition) is 3. The quantitative estimate of drug-likeness (QED) is 0.942. The predicted octanol–water partition coefficient (Wildman–Crippen LogP) is 3.23. The Bertz CT molecular complexity index is 519. The van der Waals surface area contributed by atoms with E-state index in [1.54, 1.807) is 30.7 Å². The molecule has 3 nitrogen and oxygen atoms in total. The second-order valence-corrected chi connectivity index (χ2v) is 4.88. The Labute approximate surface area is 114 Å². The Morgan fingerprint density at radius 3 is 2.94 bits per heavy atom. The van der Waals surface area contributed by atoms with Gasteiger partial charge in [0.2, 0.25) is 0 Å². The zero-order chi connectivity index (χ0) is 13.0. The van der Waals surface area contributed by atoms with Crippen molar-refractivity contribution in [1.82, 2.24) is 15.3 Å². The molecular formula is C13H13BrFN3. The van der Waals surface area contributed by atoms with E-state index in [-0.39, 0.29) is 11.9 Å². The lowest BCUT2D eigenvalue weighted by atomic mass is 10.2. The molecular weight excluding hydrogens is 297 g/mol. The van der Waals surface area contributed by atoms with Crippen LogP contribution in [-0.2, 0) is 6.54 Å². The molecule has 18 heavy (non-hydrogen) atoms. The number of aromatic nitrogens is 2. The van der Waals surface area contributed by atoms with Crippen LogP contribution >= 0.6 is 15.9 Å². The summed E-state index contributed by atoms with van der Waals surface area (Å²) in [5, 5.41) is 3.22. The van der Waals surface area contributed by atoms with Crippen LogP contribution in [0.4, 0.5) is 4.39 Å². The molecule has 1 aromatic carbocycles. The fraction of sp³-hybridized carbons (Fsp3) is 0.231. The Morgan fingerprint density at radius 2 is 2.22 bits per heavy atom. The van der Waals surface area contributed by atoms with Gasteiger partial charge in [-0.25, -0.2) is 4.39 Å². The molecule has 1 unspecified atom stereocenters. The topological polar surface area (TPSA) is 37.8 Å². The molecule has 1 aromatic heterocycles. The molecule has 0 bridgehead atoms. The van der Waals surface area contributed by atoms with Crippen molar-refractivity contribution < 1.29 is 4.39 Å². The summed E-state index contributed by atoms with van der Waals surface area (Å²) in [6.45, 7) is 2.42. The Balaban J connectivity index is 2.01. The fourth-order valence-corrected chi connectivity index (χ4v) is 1.99. The molecule has 1 N–H and O–H groups in total. The highest BCUT2D eigenvalue weighted by atomic mass is 79.9. The highest BCUT2D eigenvalue weighted by Crippen LogP contribution is 2.16. The van der Waals surface area contributed by atoms with E-state index in [1.807, 2.05) is 6.92 Å². The number of nitrogens with zero attached hydrogens (tertiary/aromatic N) is 2. The van der Waals surface area contributed by atoms with Crippen molar-refractivity contribution >= 4 is 15.9 Å². The van der Waals surface area contributed by atoms with Gasteiger partial charge in [0, 0.05) is 41.2 Å². The highest BCUT2D eigenvalue weighted by Gasteiger charge is 2.08. The first-order chi connectivity index (χ1) is 8.66. The predicted molar refractivity (Wildman–Crippen MR) is 71.4 cm³/mol. The van der Waals surface area contributed by atoms with E-state index < -0.39 is 0 Å². The molecule has 1 heterocycles. The molecule has 5 heteroatoms. The number of rotatable bonds is 4. The van der Waals surface area contributed by atoms with Crippen molar-refractivity contribution in [1.29, 1.82) is 0 Å². The minimum atomic E-state index is -0.211. The summed E-state index contributed by atoms with van der Waals surface area (Å²) < 4.78 is 14.4. The molecule has 94 valence electrons. The summed E-state index contributed by atoms with van der Waals surface area (Å²) in [6, 6.07) is 4.93. The zero-order valence-electron chi connectivity index (χ0n) is 9.90. The third kappa shape index (κ3) is 3.34. The van der Waals surface area contributed by atoms with Gasteiger partial charge in [-0.15, -0.1) is 0 Å². The second kappa shape index (κ2) is 6.02. The van der Waals surface area contributed by atoms with Crippen LogP contribution in [0.3, 0.4) is 0 Å². The van der Waals surface area contributed by atoms with Gasteiger partial charge >= 0.3 is 0 Å². The first kappa shape index (κ1) is 13.1. The lowest BCUT2D eigenvalue weighted by Gasteiger charge is -2.13. The first-order valence-electron chi connectivity index (χ1n) is 5.60. The van der Waals surface area contributed by atoms with Crippen molar-refractivity contribution in [3.63, 3.8) is 0 Å². The minimum Gasteiger partial charge on any atom is -0.305 e. The third-order valence-electron chi connectivity index (χ3n) is 2.63. The molecule has 0 radical (unpaired) electrons. The monoisotopic (exact) mass is 309 g/mol. The summed E-state index contributed by atoms with van der Waals surface area (Å²) in [7, 11) is 0.